The molecule has 0 saturated carbocycles. The molecule has 0 bridgehead atoms. The van der Waals surface area contributed by atoms with Crippen molar-refractivity contribution in [2.45, 2.75) is 65.5 Å². The van der Waals surface area contributed by atoms with Gasteiger partial charge in [-0.15, -0.1) is 24.0 Å². The van der Waals surface area contributed by atoms with Crippen LogP contribution in [0.3, 0.4) is 0 Å². The molecule has 1 aliphatic heterocycles. The van der Waals surface area contributed by atoms with Crippen molar-refractivity contribution in [3.8, 4) is 0 Å². The number of carbonyl (C=O) groups is 1. The normalized spacial score (nSPS) is 15.1. The number of benzene rings is 1. The largest absolute Gasteiger partial charge is 0.354 e. The highest BCUT2D eigenvalue weighted by molar-refractivity contribution is 14.0. The quantitative estimate of drug-likeness (QED) is 0.265. The molecule has 0 radical (unpaired) electrons. The van der Waals surface area contributed by atoms with Gasteiger partial charge in [0.25, 0.3) is 0 Å². The lowest BCUT2D eigenvalue weighted by Crippen LogP contribution is -2.41. The second-order valence-corrected chi connectivity index (χ2v) is 8.12. The Kier molecular flexibility index (Phi) is 12.0. The zero-order valence-electron chi connectivity index (χ0n) is 18.3. The van der Waals surface area contributed by atoms with Gasteiger partial charge in [-0.05, 0) is 49.8 Å². The molecule has 7 heteroatoms. The lowest BCUT2D eigenvalue weighted by molar-refractivity contribution is 0.222. The van der Waals surface area contributed by atoms with Gasteiger partial charge in [0, 0.05) is 38.4 Å². The van der Waals surface area contributed by atoms with E-state index in [0.717, 1.165) is 55.5 Å². The van der Waals surface area contributed by atoms with Crippen LogP contribution < -0.4 is 16.0 Å². The highest BCUT2D eigenvalue weighted by Gasteiger charge is 2.17. The van der Waals surface area contributed by atoms with Gasteiger partial charge >= 0.3 is 6.03 Å². The first-order valence-corrected chi connectivity index (χ1v) is 10.6. The third-order valence-electron chi connectivity index (χ3n) is 5.06. The van der Waals surface area contributed by atoms with Crippen LogP contribution in [-0.2, 0) is 6.54 Å². The summed E-state index contributed by atoms with van der Waals surface area (Å²) in [4.78, 5) is 18.5. The van der Waals surface area contributed by atoms with Crippen LogP contribution in [0.25, 0.3) is 0 Å². The Morgan fingerprint density at radius 1 is 1.17 bits per heavy atom. The van der Waals surface area contributed by atoms with Gasteiger partial charge in [-0.2, -0.15) is 0 Å². The number of nitrogens with one attached hydrogen (secondary N) is 3. The van der Waals surface area contributed by atoms with Crippen molar-refractivity contribution in [3.63, 3.8) is 0 Å². The van der Waals surface area contributed by atoms with Crippen LogP contribution in [0.5, 0.6) is 0 Å². The number of amides is 2. The second-order valence-electron chi connectivity index (χ2n) is 8.12. The monoisotopic (exact) mass is 515 g/mol. The smallest absolute Gasteiger partial charge is 0.321 e. The van der Waals surface area contributed by atoms with E-state index in [-0.39, 0.29) is 30.0 Å². The van der Waals surface area contributed by atoms with E-state index in [9.17, 15) is 4.79 Å². The van der Waals surface area contributed by atoms with Crippen molar-refractivity contribution in [2.75, 3.05) is 25.5 Å². The van der Waals surface area contributed by atoms with Gasteiger partial charge in [-0.3, -0.25) is 4.99 Å². The maximum absolute atomic E-state index is 12.3. The number of carbonyl (C=O) groups excluding carboxylic acids is 1. The van der Waals surface area contributed by atoms with Gasteiger partial charge in [0.15, 0.2) is 5.96 Å². The van der Waals surface area contributed by atoms with E-state index in [0.29, 0.717) is 12.6 Å². The summed E-state index contributed by atoms with van der Waals surface area (Å²) in [5.74, 6) is 1.56. The lowest BCUT2D eigenvalue weighted by atomic mass is 10.0. The number of anilines is 1. The van der Waals surface area contributed by atoms with Crippen molar-refractivity contribution in [3.05, 3.63) is 29.8 Å². The molecule has 1 unspecified atom stereocenters. The predicted molar refractivity (Wildman–Crippen MR) is 133 cm³/mol. The number of hydrogen-bond donors (Lipinski definition) is 3. The number of aliphatic imine (C=N–C) groups is 1. The van der Waals surface area contributed by atoms with E-state index < -0.39 is 0 Å². The number of hydrogen-bond acceptors (Lipinski definition) is 2. The van der Waals surface area contributed by atoms with Crippen LogP contribution in [-0.4, -0.2) is 43.1 Å². The first kappa shape index (κ1) is 25.5. The molecule has 3 N–H and O–H groups in total. The zero-order chi connectivity index (χ0) is 20.4. The van der Waals surface area contributed by atoms with Crippen LogP contribution in [0, 0.1) is 5.92 Å². The summed E-state index contributed by atoms with van der Waals surface area (Å²) in [5.41, 5.74) is 1.94. The molecule has 2 rings (SSSR count). The number of rotatable bonds is 8. The summed E-state index contributed by atoms with van der Waals surface area (Å²) in [6, 6.07) is 8.35. The standard InChI is InChI=1S/C22H37N5O.HI/c1-17(2)9-7-10-18(3)25-21(23-4)24-16-19-11-8-12-20(15-19)26-22(28)27-13-5-6-14-27;/h8,11-12,15,17-18H,5-7,9-10,13-14,16H2,1-4H3,(H,26,28)(H2,23,24,25);1H. The highest BCUT2D eigenvalue weighted by Crippen LogP contribution is 2.14. The molecule has 0 spiro atoms. The number of likely N-dealkylation sites (tertiary alicyclic amines) is 1. The molecule has 1 fully saturated rings. The molecule has 29 heavy (non-hydrogen) atoms. The number of nitrogens with zero attached hydrogens (tertiary/aromatic N) is 2. The van der Waals surface area contributed by atoms with Crippen molar-refractivity contribution in [2.24, 2.45) is 10.9 Å². The first-order chi connectivity index (χ1) is 13.5. The maximum atomic E-state index is 12.3. The van der Waals surface area contributed by atoms with E-state index in [1.807, 2.05) is 23.1 Å². The first-order valence-electron chi connectivity index (χ1n) is 10.6. The molecule has 0 aromatic heterocycles. The predicted octanol–water partition coefficient (Wildman–Crippen LogP) is 4.81. The van der Waals surface area contributed by atoms with Crippen LogP contribution in [0.1, 0.15) is 58.4 Å². The summed E-state index contributed by atoms with van der Waals surface area (Å²) < 4.78 is 0. The minimum Gasteiger partial charge on any atom is -0.354 e. The van der Waals surface area contributed by atoms with Gasteiger partial charge in [0.05, 0.1) is 0 Å². The molecular weight excluding hydrogens is 477 g/mol. The molecule has 1 aliphatic rings. The van der Waals surface area contributed by atoms with Crippen LogP contribution in [0.15, 0.2) is 29.3 Å². The summed E-state index contributed by atoms with van der Waals surface area (Å²) >= 11 is 0. The molecule has 1 saturated heterocycles. The number of guanidine groups is 1. The van der Waals surface area contributed by atoms with Gasteiger partial charge in [0.1, 0.15) is 0 Å². The van der Waals surface area contributed by atoms with Gasteiger partial charge < -0.3 is 20.9 Å². The third-order valence-corrected chi connectivity index (χ3v) is 5.06. The Bertz CT molecular complexity index is 644. The van der Waals surface area contributed by atoms with Gasteiger partial charge in [-0.1, -0.05) is 38.8 Å². The molecule has 6 nitrogen and oxygen atoms in total. The molecule has 2 amide bonds. The van der Waals surface area contributed by atoms with Crippen molar-refractivity contribution in [1.82, 2.24) is 15.5 Å². The number of halogens is 1. The lowest BCUT2D eigenvalue weighted by Gasteiger charge is -2.19. The summed E-state index contributed by atoms with van der Waals surface area (Å²) in [5, 5.41) is 9.83. The fourth-order valence-corrected chi connectivity index (χ4v) is 3.40. The molecule has 0 aliphatic carbocycles. The van der Waals surface area contributed by atoms with Crippen molar-refractivity contribution in [1.29, 1.82) is 0 Å². The Morgan fingerprint density at radius 2 is 1.90 bits per heavy atom. The van der Waals surface area contributed by atoms with E-state index in [1.165, 1.54) is 12.8 Å². The minimum atomic E-state index is -0.00434. The fraction of sp³-hybridized carbons (Fsp3) is 0.636. The van der Waals surface area contributed by atoms with E-state index in [2.05, 4.69) is 47.8 Å². The number of urea groups is 1. The summed E-state index contributed by atoms with van der Waals surface area (Å²) in [7, 11) is 1.79. The SMILES string of the molecule is CN=C(NCc1cccc(NC(=O)N2CCCC2)c1)NC(C)CCCC(C)C.I. The van der Waals surface area contributed by atoms with E-state index >= 15 is 0 Å². The van der Waals surface area contributed by atoms with E-state index in [4.69, 9.17) is 0 Å². The zero-order valence-corrected chi connectivity index (χ0v) is 20.7. The second kappa shape index (κ2) is 13.7. The minimum absolute atomic E-state index is 0. The van der Waals surface area contributed by atoms with Gasteiger partial charge in [-0.25, -0.2) is 4.79 Å². The molecular formula is C22H38IN5O. The van der Waals surface area contributed by atoms with Crippen LogP contribution >= 0.6 is 24.0 Å². The highest BCUT2D eigenvalue weighted by atomic mass is 127. The fourth-order valence-electron chi connectivity index (χ4n) is 3.40. The molecule has 164 valence electrons. The van der Waals surface area contributed by atoms with Crippen LogP contribution in [0.4, 0.5) is 10.5 Å². The average molecular weight is 515 g/mol. The Labute approximate surface area is 193 Å². The van der Waals surface area contributed by atoms with Crippen molar-refractivity contribution < 1.29 is 4.79 Å². The third kappa shape index (κ3) is 9.69. The summed E-state index contributed by atoms with van der Waals surface area (Å²) in [6.07, 6.45) is 5.81. The van der Waals surface area contributed by atoms with E-state index in [1.54, 1.807) is 7.05 Å². The molecule has 1 atom stereocenters. The summed E-state index contributed by atoms with van der Waals surface area (Å²) in [6.45, 7) is 9.09. The average Bonchev–Trinajstić information content (AvgIpc) is 3.20. The topological polar surface area (TPSA) is 68.8 Å². The molecule has 1 heterocycles. The van der Waals surface area contributed by atoms with Gasteiger partial charge in [0.2, 0.25) is 0 Å². The Morgan fingerprint density at radius 3 is 2.55 bits per heavy atom. The molecule has 1 aromatic carbocycles. The van der Waals surface area contributed by atoms with Crippen LogP contribution in [0.2, 0.25) is 0 Å². The maximum Gasteiger partial charge on any atom is 0.321 e. The Balaban J connectivity index is 0.00000420. The Hall–Kier alpha value is -1.51. The molecule has 1 aromatic rings. The van der Waals surface area contributed by atoms with Crippen molar-refractivity contribution >= 4 is 41.7 Å².